The molecule has 0 unspecified atom stereocenters. The second-order valence-corrected chi connectivity index (χ2v) is 7.33. The minimum Gasteiger partial charge on any atom is -0.325 e. The number of rotatable bonds is 5. The Balaban J connectivity index is 2.02. The lowest BCUT2D eigenvalue weighted by molar-refractivity contribution is -0.115. The van der Waals surface area contributed by atoms with E-state index in [1.165, 1.54) is 36.5 Å². The van der Waals surface area contributed by atoms with Crippen molar-refractivity contribution in [2.45, 2.75) is 4.90 Å². The third-order valence-corrected chi connectivity index (χ3v) is 4.88. The molecule has 0 atom stereocenters. The molecule has 0 saturated carbocycles. The average molecular weight is 423 g/mol. The van der Waals surface area contributed by atoms with Crippen LogP contribution in [0.15, 0.2) is 45.9 Å². The van der Waals surface area contributed by atoms with Crippen LogP contribution in [-0.4, -0.2) is 25.9 Å². The molecule has 1 aromatic heterocycles. The molecule has 10 heteroatoms. The number of anilines is 1. The molecule has 1 amide bonds. The predicted molar refractivity (Wildman–Crippen MR) is 87.2 cm³/mol. The molecule has 2 N–H and O–H groups in total. The van der Waals surface area contributed by atoms with Gasteiger partial charge in [-0.25, -0.2) is 22.5 Å². The normalized spacial score (nSPS) is 11.3. The molecule has 1 heterocycles. The second kappa shape index (κ2) is 7.35. The summed E-state index contributed by atoms with van der Waals surface area (Å²) in [7, 11) is -4.00. The Hall–Kier alpha value is -1.55. The van der Waals surface area contributed by atoms with Gasteiger partial charge in [-0.1, -0.05) is 11.6 Å². The number of halogens is 3. The fourth-order valence-corrected chi connectivity index (χ4v) is 3.49. The molecule has 0 aliphatic rings. The van der Waals surface area contributed by atoms with Gasteiger partial charge >= 0.3 is 0 Å². The van der Waals surface area contributed by atoms with Crippen LogP contribution in [0.2, 0.25) is 5.15 Å². The monoisotopic (exact) mass is 421 g/mol. The summed E-state index contributed by atoms with van der Waals surface area (Å²) in [6, 6.07) is 6.34. The van der Waals surface area contributed by atoms with E-state index in [-0.39, 0.29) is 10.0 Å². The first-order chi connectivity index (χ1) is 10.8. The Morgan fingerprint density at radius 1 is 1.30 bits per heavy atom. The molecule has 0 radical (unpaired) electrons. The van der Waals surface area contributed by atoms with E-state index in [1.54, 1.807) is 0 Å². The number of nitrogens with one attached hydrogen (secondary N) is 2. The fraction of sp³-hybridized carbons (Fsp3) is 0.0769. The number of hydrogen-bond acceptors (Lipinski definition) is 4. The van der Waals surface area contributed by atoms with Crippen molar-refractivity contribution in [2.24, 2.45) is 0 Å². The number of carbonyl (C=O) groups excluding carboxylic acids is 1. The lowest BCUT2D eigenvalue weighted by Gasteiger charge is -2.09. The maximum absolute atomic E-state index is 12.8. The Morgan fingerprint density at radius 3 is 2.61 bits per heavy atom. The number of nitrogens with zero attached hydrogens (tertiary/aromatic N) is 1. The van der Waals surface area contributed by atoms with Crippen LogP contribution in [0.25, 0.3) is 0 Å². The second-order valence-electron chi connectivity index (χ2n) is 4.32. The van der Waals surface area contributed by atoms with Crippen LogP contribution in [-0.2, 0) is 14.8 Å². The SMILES string of the molecule is O=C(CNS(=O)(=O)c1cc(Br)cnc1Cl)Nc1ccc(F)cc1. The zero-order chi connectivity index (χ0) is 17.0. The van der Waals surface area contributed by atoms with Crippen LogP contribution in [0.3, 0.4) is 0 Å². The summed E-state index contributed by atoms with van der Waals surface area (Å²) in [4.78, 5) is 15.2. The summed E-state index contributed by atoms with van der Waals surface area (Å²) in [6.45, 7) is -0.511. The van der Waals surface area contributed by atoms with Gasteiger partial charge < -0.3 is 5.32 Å². The van der Waals surface area contributed by atoms with Crippen LogP contribution < -0.4 is 10.0 Å². The standard InChI is InChI=1S/C13H10BrClFN3O3S/c14-8-5-11(13(15)17-6-8)23(21,22)18-7-12(20)19-10-3-1-9(16)2-4-10/h1-6,18H,7H2,(H,19,20). The van der Waals surface area contributed by atoms with Crippen molar-refractivity contribution in [2.75, 3.05) is 11.9 Å². The molecule has 2 aromatic rings. The number of carbonyl (C=O) groups is 1. The van der Waals surface area contributed by atoms with Gasteiger partial charge in [-0.15, -0.1) is 0 Å². The molecular formula is C13H10BrClFN3O3S. The first-order valence-electron chi connectivity index (χ1n) is 6.14. The molecule has 0 spiro atoms. The van der Waals surface area contributed by atoms with Crippen molar-refractivity contribution in [3.05, 3.63) is 52.0 Å². The van der Waals surface area contributed by atoms with Crippen molar-refractivity contribution in [3.63, 3.8) is 0 Å². The van der Waals surface area contributed by atoms with Gasteiger partial charge in [0, 0.05) is 16.4 Å². The number of sulfonamides is 1. The maximum Gasteiger partial charge on any atom is 0.244 e. The topological polar surface area (TPSA) is 88.2 Å². The predicted octanol–water partition coefficient (Wildman–Crippen LogP) is 2.55. The van der Waals surface area contributed by atoms with Crippen molar-refractivity contribution in [1.82, 2.24) is 9.71 Å². The molecule has 1 aromatic carbocycles. The summed E-state index contributed by atoms with van der Waals surface area (Å²) in [5.41, 5.74) is 0.345. The van der Waals surface area contributed by atoms with Crippen molar-refractivity contribution in [1.29, 1.82) is 0 Å². The lowest BCUT2D eigenvalue weighted by Crippen LogP contribution is -2.33. The van der Waals surface area contributed by atoms with Crippen LogP contribution in [0.4, 0.5) is 10.1 Å². The van der Waals surface area contributed by atoms with Gasteiger partial charge in [0.2, 0.25) is 15.9 Å². The van der Waals surface area contributed by atoms with Gasteiger partial charge in [0.25, 0.3) is 0 Å². The Bertz CT molecular complexity index is 831. The van der Waals surface area contributed by atoms with Gasteiger partial charge in [-0.2, -0.15) is 0 Å². The molecule has 0 aliphatic heterocycles. The van der Waals surface area contributed by atoms with E-state index in [9.17, 15) is 17.6 Å². The number of benzene rings is 1. The first-order valence-corrected chi connectivity index (χ1v) is 8.79. The minimum atomic E-state index is -4.00. The van der Waals surface area contributed by atoms with E-state index < -0.39 is 28.3 Å². The highest BCUT2D eigenvalue weighted by Gasteiger charge is 2.20. The summed E-state index contributed by atoms with van der Waals surface area (Å²) < 4.78 is 39.5. The van der Waals surface area contributed by atoms with E-state index in [0.717, 1.165) is 0 Å². The summed E-state index contributed by atoms with van der Waals surface area (Å²) in [5.74, 6) is -1.06. The minimum absolute atomic E-state index is 0.209. The number of aromatic nitrogens is 1. The van der Waals surface area contributed by atoms with Gasteiger partial charge in [0.15, 0.2) is 0 Å². The zero-order valence-corrected chi connectivity index (χ0v) is 14.5. The molecule has 6 nitrogen and oxygen atoms in total. The van der Waals surface area contributed by atoms with Crippen LogP contribution >= 0.6 is 27.5 Å². The van der Waals surface area contributed by atoms with Crippen LogP contribution in [0, 0.1) is 5.82 Å². The molecule has 0 saturated heterocycles. The highest BCUT2D eigenvalue weighted by Crippen LogP contribution is 2.22. The quantitative estimate of drug-likeness (QED) is 0.725. The summed E-state index contributed by atoms with van der Waals surface area (Å²) >= 11 is 8.85. The van der Waals surface area contributed by atoms with E-state index in [2.05, 4.69) is 31.0 Å². The van der Waals surface area contributed by atoms with E-state index >= 15 is 0 Å². The third kappa shape index (κ3) is 4.96. The van der Waals surface area contributed by atoms with Gasteiger partial charge in [0.05, 0.1) is 6.54 Å². The largest absolute Gasteiger partial charge is 0.325 e. The molecule has 0 bridgehead atoms. The molecule has 23 heavy (non-hydrogen) atoms. The highest BCUT2D eigenvalue weighted by atomic mass is 79.9. The Labute approximate surface area is 145 Å². The number of amides is 1. The highest BCUT2D eigenvalue weighted by molar-refractivity contribution is 9.10. The summed E-state index contributed by atoms with van der Waals surface area (Å²) in [5, 5.41) is 2.22. The molecule has 0 fully saturated rings. The Morgan fingerprint density at radius 2 is 1.96 bits per heavy atom. The van der Waals surface area contributed by atoms with Gasteiger partial charge in [-0.3, -0.25) is 4.79 Å². The maximum atomic E-state index is 12.8. The lowest BCUT2D eigenvalue weighted by atomic mass is 10.3. The van der Waals surface area contributed by atoms with Gasteiger partial charge in [-0.05, 0) is 46.3 Å². The molecule has 0 aliphatic carbocycles. The van der Waals surface area contributed by atoms with Crippen molar-refractivity contribution >= 4 is 49.1 Å². The van der Waals surface area contributed by atoms with Crippen molar-refractivity contribution < 1.29 is 17.6 Å². The van der Waals surface area contributed by atoms with Gasteiger partial charge in [0.1, 0.15) is 15.9 Å². The zero-order valence-electron chi connectivity index (χ0n) is 11.4. The van der Waals surface area contributed by atoms with Crippen LogP contribution in [0.1, 0.15) is 0 Å². The number of pyridine rings is 1. The Kier molecular flexibility index (Phi) is 5.69. The fourth-order valence-electron chi connectivity index (χ4n) is 1.57. The first kappa shape index (κ1) is 17.8. The molecule has 2 rings (SSSR count). The van der Waals surface area contributed by atoms with Crippen LogP contribution in [0.5, 0.6) is 0 Å². The third-order valence-electron chi connectivity index (χ3n) is 2.61. The van der Waals surface area contributed by atoms with Crippen molar-refractivity contribution in [3.8, 4) is 0 Å². The van der Waals surface area contributed by atoms with E-state index in [1.807, 2.05) is 0 Å². The number of hydrogen-bond donors (Lipinski definition) is 2. The van der Waals surface area contributed by atoms with E-state index in [4.69, 9.17) is 11.6 Å². The van der Waals surface area contributed by atoms with E-state index in [0.29, 0.717) is 10.2 Å². The molecular weight excluding hydrogens is 413 g/mol. The smallest absolute Gasteiger partial charge is 0.244 e. The average Bonchev–Trinajstić information content (AvgIpc) is 2.50. The molecule has 122 valence electrons. The summed E-state index contributed by atoms with van der Waals surface area (Å²) in [6.07, 6.45) is 1.35.